The third kappa shape index (κ3) is 2.85. The van der Waals surface area contributed by atoms with E-state index >= 15 is 0 Å². The van der Waals surface area contributed by atoms with Crippen LogP contribution in [0.2, 0.25) is 0 Å². The summed E-state index contributed by atoms with van der Waals surface area (Å²) in [5.41, 5.74) is 3.08. The lowest BCUT2D eigenvalue weighted by atomic mass is 10.0. The first-order valence-corrected chi connectivity index (χ1v) is 8.85. The second-order valence-electron chi connectivity index (χ2n) is 5.71. The molecule has 0 spiro atoms. The molecule has 4 rings (SSSR count). The number of fused-ring (bicyclic) bond motifs is 1. The highest BCUT2D eigenvalue weighted by Crippen LogP contribution is 2.35. The van der Waals surface area contributed by atoms with Gasteiger partial charge in [-0.05, 0) is 23.6 Å². The molecule has 3 aromatic heterocycles. The van der Waals surface area contributed by atoms with Gasteiger partial charge in [-0.25, -0.2) is 4.98 Å². The molecular weight excluding hydrogens is 332 g/mol. The summed E-state index contributed by atoms with van der Waals surface area (Å²) in [5, 5.41) is 5.71. The fourth-order valence-electron chi connectivity index (χ4n) is 2.98. The molecule has 0 radical (unpaired) electrons. The van der Waals surface area contributed by atoms with Crippen molar-refractivity contribution in [2.24, 2.45) is 7.05 Å². The van der Waals surface area contributed by atoms with Crippen LogP contribution in [0, 0.1) is 0 Å². The molecule has 0 fully saturated rings. The van der Waals surface area contributed by atoms with E-state index < -0.39 is 0 Å². The molecule has 0 bridgehead atoms. The summed E-state index contributed by atoms with van der Waals surface area (Å²) in [7, 11) is 3.69. The Balaban J connectivity index is 1.84. The quantitative estimate of drug-likeness (QED) is 0.585. The highest BCUT2D eigenvalue weighted by Gasteiger charge is 2.22. The summed E-state index contributed by atoms with van der Waals surface area (Å²) in [5.74, 6) is 1.76. The number of aromatic nitrogens is 3. The average Bonchev–Trinajstić information content (AvgIpc) is 3.29. The van der Waals surface area contributed by atoms with Crippen molar-refractivity contribution >= 4 is 27.2 Å². The minimum absolute atomic E-state index is 0.135. The average molecular weight is 350 g/mol. The van der Waals surface area contributed by atoms with Crippen LogP contribution in [0.4, 0.5) is 5.69 Å². The van der Waals surface area contributed by atoms with Gasteiger partial charge >= 0.3 is 0 Å². The van der Waals surface area contributed by atoms with E-state index in [1.54, 1.807) is 18.4 Å². The van der Waals surface area contributed by atoms with Gasteiger partial charge in [-0.3, -0.25) is 4.98 Å². The zero-order valence-electron chi connectivity index (χ0n) is 14.0. The molecule has 0 aliphatic rings. The van der Waals surface area contributed by atoms with Crippen LogP contribution >= 0.6 is 11.3 Å². The molecule has 0 saturated heterocycles. The van der Waals surface area contributed by atoms with E-state index in [4.69, 9.17) is 4.74 Å². The molecule has 6 heteroatoms. The third-order valence-electron chi connectivity index (χ3n) is 4.21. The van der Waals surface area contributed by atoms with Crippen molar-refractivity contribution < 1.29 is 4.74 Å². The minimum atomic E-state index is -0.135. The molecule has 0 amide bonds. The highest BCUT2D eigenvalue weighted by molar-refractivity contribution is 7.17. The van der Waals surface area contributed by atoms with Crippen LogP contribution in [0.1, 0.15) is 17.4 Å². The fraction of sp³-hybridized carbons (Fsp3) is 0.158. The maximum Gasteiger partial charge on any atom is 0.135 e. The van der Waals surface area contributed by atoms with Crippen LogP contribution in [0.25, 0.3) is 10.2 Å². The number of imidazole rings is 1. The van der Waals surface area contributed by atoms with Gasteiger partial charge in [0.15, 0.2) is 0 Å². The number of nitrogens with one attached hydrogen (secondary N) is 1. The number of ether oxygens (including phenoxy) is 1. The molecule has 0 aliphatic carbocycles. The van der Waals surface area contributed by atoms with Crippen molar-refractivity contribution in [1.29, 1.82) is 0 Å². The Morgan fingerprint density at radius 3 is 2.80 bits per heavy atom. The van der Waals surface area contributed by atoms with E-state index in [0.717, 1.165) is 33.0 Å². The number of hydrogen-bond acceptors (Lipinski definition) is 5. The van der Waals surface area contributed by atoms with Crippen LogP contribution in [0.3, 0.4) is 0 Å². The van der Waals surface area contributed by atoms with Crippen LogP contribution in [-0.4, -0.2) is 21.6 Å². The van der Waals surface area contributed by atoms with Gasteiger partial charge < -0.3 is 14.6 Å². The van der Waals surface area contributed by atoms with E-state index in [-0.39, 0.29) is 6.04 Å². The number of methoxy groups -OCH3 is 1. The third-order valence-corrected chi connectivity index (χ3v) is 5.15. The predicted octanol–water partition coefficient (Wildman–Crippen LogP) is 4.24. The smallest absolute Gasteiger partial charge is 0.135 e. The first kappa shape index (κ1) is 15.7. The monoisotopic (exact) mass is 350 g/mol. The number of nitrogens with zero attached hydrogens (tertiary/aromatic N) is 3. The zero-order chi connectivity index (χ0) is 17.2. The number of benzene rings is 1. The van der Waals surface area contributed by atoms with Crippen LogP contribution in [0.15, 0.2) is 60.4 Å². The van der Waals surface area contributed by atoms with Gasteiger partial charge in [-0.15, -0.1) is 11.3 Å². The molecule has 126 valence electrons. The minimum Gasteiger partial charge on any atom is -0.496 e. The summed E-state index contributed by atoms with van der Waals surface area (Å²) >= 11 is 1.68. The van der Waals surface area contributed by atoms with E-state index in [2.05, 4.69) is 26.7 Å². The molecular formula is C19H18N4OS. The molecule has 1 atom stereocenters. The van der Waals surface area contributed by atoms with E-state index in [1.165, 1.54) is 0 Å². The second kappa shape index (κ2) is 6.57. The number of hydrogen-bond donors (Lipinski definition) is 1. The van der Waals surface area contributed by atoms with Crippen LogP contribution < -0.4 is 10.1 Å². The molecule has 5 nitrogen and oxygen atoms in total. The molecule has 1 N–H and O–H groups in total. The molecule has 1 unspecified atom stereocenters. The maximum absolute atomic E-state index is 5.59. The largest absolute Gasteiger partial charge is 0.496 e. The summed E-state index contributed by atoms with van der Waals surface area (Å²) < 4.78 is 8.75. The molecule has 1 aromatic carbocycles. The van der Waals surface area contributed by atoms with Gasteiger partial charge in [0, 0.05) is 31.2 Å². The van der Waals surface area contributed by atoms with Crippen molar-refractivity contribution in [1.82, 2.24) is 14.5 Å². The van der Waals surface area contributed by atoms with Crippen molar-refractivity contribution in [2.75, 3.05) is 12.4 Å². The number of para-hydroxylation sites is 1. The van der Waals surface area contributed by atoms with Gasteiger partial charge in [0.05, 0.1) is 23.0 Å². The van der Waals surface area contributed by atoms with Crippen LogP contribution in [0.5, 0.6) is 5.75 Å². The summed E-state index contributed by atoms with van der Waals surface area (Å²) in [6.45, 7) is 0. The summed E-state index contributed by atoms with van der Waals surface area (Å²) in [6, 6.07) is 11.9. The number of aryl methyl sites for hydroxylation is 1. The zero-order valence-corrected chi connectivity index (χ0v) is 14.8. The maximum atomic E-state index is 5.59. The van der Waals surface area contributed by atoms with Crippen molar-refractivity contribution in [2.45, 2.75) is 6.04 Å². The Morgan fingerprint density at radius 2 is 2.00 bits per heavy atom. The van der Waals surface area contributed by atoms with Crippen LogP contribution in [-0.2, 0) is 7.05 Å². The molecule has 3 heterocycles. The number of thiophene rings is 1. The molecule has 4 aromatic rings. The first-order chi connectivity index (χ1) is 12.3. The normalized spacial score (nSPS) is 12.2. The topological polar surface area (TPSA) is 52.0 Å². The standard InChI is InChI=1S/C19H18N4OS/c1-23-11-10-21-19(23)17(13-5-3-4-6-16(13)24-2)22-15-7-9-20-14-8-12-25-18(14)15/h3-12,17H,1-2H3,(H,20,22). The van der Waals surface area contributed by atoms with Crippen molar-refractivity contribution in [3.63, 3.8) is 0 Å². The lowest BCUT2D eigenvalue weighted by molar-refractivity contribution is 0.408. The molecule has 0 aliphatic heterocycles. The van der Waals surface area contributed by atoms with E-state index in [9.17, 15) is 0 Å². The second-order valence-corrected chi connectivity index (χ2v) is 6.63. The van der Waals surface area contributed by atoms with Gasteiger partial charge in [0.1, 0.15) is 17.6 Å². The summed E-state index contributed by atoms with van der Waals surface area (Å²) in [6.07, 6.45) is 5.59. The highest BCUT2D eigenvalue weighted by atomic mass is 32.1. The SMILES string of the molecule is COc1ccccc1C(Nc1ccnc2ccsc12)c1nccn1C. The summed E-state index contributed by atoms with van der Waals surface area (Å²) in [4.78, 5) is 8.99. The lowest BCUT2D eigenvalue weighted by Gasteiger charge is -2.22. The fourth-order valence-corrected chi connectivity index (χ4v) is 3.81. The van der Waals surface area contributed by atoms with E-state index in [0.29, 0.717) is 0 Å². The predicted molar refractivity (Wildman–Crippen MR) is 101 cm³/mol. The Morgan fingerprint density at radius 1 is 1.12 bits per heavy atom. The van der Waals surface area contributed by atoms with Gasteiger partial charge in [-0.2, -0.15) is 0 Å². The van der Waals surface area contributed by atoms with Crippen molar-refractivity contribution in [3.8, 4) is 5.75 Å². The Kier molecular flexibility index (Phi) is 4.11. The molecule has 25 heavy (non-hydrogen) atoms. The number of pyridine rings is 1. The van der Waals surface area contributed by atoms with Gasteiger partial charge in [-0.1, -0.05) is 18.2 Å². The van der Waals surface area contributed by atoms with E-state index in [1.807, 2.05) is 60.5 Å². The van der Waals surface area contributed by atoms with Crippen molar-refractivity contribution in [3.05, 3.63) is 71.8 Å². The Hall–Kier alpha value is -2.86. The molecule has 0 saturated carbocycles. The Labute approximate surface area is 149 Å². The number of anilines is 1. The Bertz CT molecular complexity index is 1010. The lowest BCUT2D eigenvalue weighted by Crippen LogP contribution is -2.17. The van der Waals surface area contributed by atoms with Gasteiger partial charge in [0.2, 0.25) is 0 Å². The first-order valence-electron chi connectivity index (χ1n) is 7.97. The number of rotatable bonds is 5. The van der Waals surface area contributed by atoms with Gasteiger partial charge in [0.25, 0.3) is 0 Å².